The average molecular weight is 169 g/mol. The van der Waals surface area contributed by atoms with Crippen molar-refractivity contribution in [1.82, 2.24) is 0 Å². The molecule has 0 aromatic carbocycles. The Kier molecular flexibility index (Phi) is 15.2. The summed E-state index contributed by atoms with van der Waals surface area (Å²) in [5.41, 5.74) is 1.23. The van der Waals surface area contributed by atoms with Crippen LogP contribution in [-0.2, 0) is 0 Å². The molecular formula is C11H23N. The van der Waals surface area contributed by atoms with Crippen LogP contribution in [0.4, 0.5) is 0 Å². The first kappa shape index (κ1) is 14.0. The molecule has 0 aliphatic rings. The molecule has 1 heteroatoms. The maximum Gasteiger partial charge on any atom is 0.0364 e. The van der Waals surface area contributed by atoms with Crippen molar-refractivity contribution in [2.75, 3.05) is 6.54 Å². The normalized spacial score (nSPS) is 11.2. The van der Waals surface area contributed by atoms with Gasteiger partial charge in [-0.2, -0.15) is 0 Å². The Morgan fingerprint density at radius 3 is 2.17 bits per heavy atom. The number of rotatable bonds is 4. The van der Waals surface area contributed by atoms with Crippen molar-refractivity contribution in [3.05, 3.63) is 12.2 Å². The molecule has 0 aliphatic carbocycles. The van der Waals surface area contributed by atoms with Crippen molar-refractivity contribution in [1.29, 1.82) is 0 Å². The molecule has 0 aliphatic heterocycles. The third-order valence-electron chi connectivity index (χ3n) is 1.23. The molecule has 0 amide bonds. The minimum Gasteiger partial charge on any atom is -0.290 e. The summed E-state index contributed by atoms with van der Waals surface area (Å²) >= 11 is 0. The van der Waals surface area contributed by atoms with E-state index in [1.54, 1.807) is 0 Å². The van der Waals surface area contributed by atoms with Gasteiger partial charge in [-0.1, -0.05) is 33.3 Å². The van der Waals surface area contributed by atoms with Crippen LogP contribution in [0.25, 0.3) is 0 Å². The molecule has 0 aromatic heterocycles. The van der Waals surface area contributed by atoms with Gasteiger partial charge in [0.05, 0.1) is 0 Å². The molecule has 0 atom stereocenters. The number of aliphatic imine (C=N–C) groups is 1. The highest BCUT2D eigenvalue weighted by Gasteiger charge is 1.88. The monoisotopic (exact) mass is 169 g/mol. The van der Waals surface area contributed by atoms with Crippen molar-refractivity contribution in [2.45, 2.75) is 47.5 Å². The second-order valence-electron chi connectivity index (χ2n) is 2.22. The van der Waals surface area contributed by atoms with Crippen LogP contribution in [0.15, 0.2) is 17.1 Å². The van der Waals surface area contributed by atoms with Crippen LogP contribution in [0.3, 0.4) is 0 Å². The quantitative estimate of drug-likeness (QED) is 0.567. The van der Waals surface area contributed by atoms with Gasteiger partial charge < -0.3 is 0 Å². The molecule has 0 fully saturated rings. The van der Waals surface area contributed by atoms with Gasteiger partial charge in [0, 0.05) is 12.3 Å². The Labute approximate surface area is 77.6 Å². The molecule has 0 saturated heterocycles. The summed E-state index contributed by atoms with van der Waals surface area (Å²) in [5, 5.41) is 0. The van der Waals surface area contributed by atoms with E-state index >= 15 is 0 Å². The second-order valence-corrected chi connectivity index (χ2v) is 2.22. The highest BCUT2D eigenvalue weighted by molar-refractivity contribution is 5.94. The molecule has 0 heterocycles. The highest BCUT2D eigenvalue weighted by atomic mass is 14.7. The minimum absolute atomic E-state index is 0.902. The minimum atomic E-state index is 0.902. The Bertz CT molecular complexity index is 123. The fourth-order valence-electron chi connectivity index (χ4n) is 0.867. The maximum atomic E-state index is 4.33. The van der Waals surface area contributed by atoms with Crippen molar-refractivity contribution in [3.8, 4) is 0 Å². The van der Waals surface area contributed by atoms with Crippen molar-refractivity contribution in [3.63, 3.8) is 0 Å². The first-order chi connectivity index (χ1) is 5.85. The van der Waals surface area contributed by atoms with E-state index in [4.69, 9.17) is 0 Å². The van der Waals surface area contributed by atoms with Gasteiger partial charge in [0.2, 0.25) is 0 Å². The Morgan fingerprint density at radius 1 is 1.25 bits per heavy atom. The fraction of sp³-hybridized carbons (Fsp3) is 0.727. The van der Waals surface area contributed by atoms with E-state index < -0.39 is 0 Å². The van der Waals surface area contributed by atoms with Crippen LogP contribution in [-0.4, -0.2) is 12.3 Å². The van der Waals surface area contributed by atoms with Crippen molar-refractivity contribution >= 4 is 5.71 Å². The largest absolute Gasteiger partial charge is 0.290 e. The summed E-state index contributed by atoms with van der Waals surface area (Å²) < 4.78 is 0. The summed E-state index contributed by atoms with van der Waals surface area (Å²) in [5.74, 6) is 0. The summed E-state index contributed by atoms with van der Waals surface area (Å²) in [7, 11) is 0. The van der Waals surface area contributed by atoms with E-state index in [0.717, 1.165) is 13.0 Å². The van der Waals surface area contributed by atoms with Gasteiger partial charge >= 0.3 is 0 Å². The lowest BCUT2D eigenvalue weighted by Gasteiger charge is -1.95. The van der Waals surface area contributed by atoms with E-state index in [-0.39, 0.29) is 0 Å². The van der Waals surface area contributed by atoms with Gasteiger partial charge in [-0.15, -0.1) is 0 Å². The molecule has 0 spiro atoms. The predicted molar refractivity (Wildman–Crippen MR) is 59.0 cm³/mol. The van der Waals surface area contributed by atoms with E-state index in [2.05, 4.69) is 24.9 Å². The van der Waals surface area contributed by atoms with Gasteiger partial charge in [0.15, 0.2) is 0 Å². The van der Waals surface area contributed by atoms with Crippen molar-refractivity contribution < 1.29 is 0 Å². The lowest BCUT2D eigenvalue weighted by atomic mass is 10.2. The first-order valence-corrected chi connectivity index (χ1v) is 5.01. The third-order valence-corrected chi connectivity index (χ3v) is 1.23. The molecule has 0 rings (SSSR count). The van der Waals surface area contributed by atoms with Crippen LogP contribution in [0, 0.1) is 0 Å². The van der Waals surface area contributed by atoms with E-state index in [9.17, 15) is 0 Å². The van der Waals surface area contributed by atoms with Gasteiger partial charge in [-0.25, -0.2) is 0 Å². The maximum absolute atomic E-state index is 4.33. The molecule has 0 saturated carbocycles. The topological polar surface area (TPSA) is 12.4 Å². The molecule has 0 radical (unpaired) electrons. The van der Waals surface area contributed by atoms with Crippen LogP contribution < -0.4 is 0 Å². The van der Waals surface area contributed by atoms with E-state index in [1.165, 1.54) is 12.1 Å². The van der Waals surface area contributed by atoms with Gasteiger partial charge in [-0.05, 0) is 26.3 Å². The summed E-state index contributed by atoms with van der Waals surface area (Å²) in [6.07, 6.45) is 6.43. The fourth-order valence-corrected chi connectivity index (χ4v) is 0.867. The molecule has 12 heavy (non-hydrogen) atoms. The summed E-state index contributed by atoms with van der Waals surface area (Å²) in [6.45, 7) is 11.2. The predicted octanol–water partition coefficient (Wildman–Crippen LogP) is 3.85. The molecule has 0 unspecified atom stereocenters. The van der Waals surface area contributed by atoms with Crippen LogP contribution >= 0.6 is 0 Å². The lowest BCUT2D eigenvalue weighted by Crippen LogP contribution is -1.92. The smallest absolute Gasteiger partial charge is 0.0364 e. The summed E-state index contributed by atoms with van der Waals surface area (Å²) in [6, 6.07) is 0. The average Bonchev–Trinajstić information content (AvgIpc) is 2.10. The number of hydrogen-bond donors (Lipinski definition) is 0. The Morgan fingerprint density at radius 2 is 1.83 bits per heavy atom. The standard InChI is InChI=1S/C9H17N.C2H6/c1-4-7-9(8-5-2)10-6-3;1-2/h4,7H,5-6,8H2,1-3H3;1-2H3/b7-4-,10-9?;. The molecule has 0 aromatic rings. The third kappa shape index (κ3) is 9.41. The van der Waals surface area contributed by atoms with E-state index in [0.29, 0.717) is 0 Å². The molecule has 1 nitrogen and oxygen atoms in total. The van der Waals surface area contributed by atoms with Gasteiger partial charge in [0.1, 0.15) is 0 Å². The van der Waals surface area contributed by atoms with Gasteiger partial charge in [0.25, 0.3) is 0 Å². The number of allylic oxidation sites excluding steroid dienone is 2. The van der Waals surface area contributed by atoms with Crippen molar-refractivity contribution in [2.24, 2.45) is 4.99 Å². The zero-order chi connectivity index (χ0) is 9.82. The Balaban J connectivity index is 0. The summed E-state index contributed by atoms with van der Waals surface area (Å²) in [4.78, 5) is 4.33. The molecule has 0 N–H and O–H groups in total. The van der Waals surface area contributed by atoms with E-state index in [1.807, 2.05) is 26.8 Å². The lowest BCUT2D eigenvalue weighted by molar-refractivity contribution is 0.980. The number of nitrogens with zero attached hydrogens (tertiary/aromatic N) is 1. The molecular weight excluding hydrogens is 146 g/mol. The SMILES string of the molecule is C/C=C\C(CCC)=NCC.CC. The number of hydrogen-bond acceptors (Lipinski definition) is 1. The zero-order valence-corrected chi connectivity index (χ0v) is 9.22. The second kappa shape index (κ2) is 13.0. The van der Waals surface area contributed by atoms with Gasteiger partial charge in [-0.3, -0.25) is 4.99 Å². The Hall–Kier alpha value is -0.590. The van der Waals surface area contributed by atoms with Crippen LogP contribution in [0.1, 0.15) is 47.5 Å². The zero-order valence-electron chi connectivity index (χ0n) is 9.22. The highest BCUT2D eigenvalue weighted by Crippen LogP contribution is 1.94. The first-order valence-electron chi connectivity index (χ1n) is 5.01. The van der Waals surface area contributed by atoms with Crippen LogP contribution in [0.2, 0.25) is 0 Å². The molecule has 72 valence electrons. The van der Waals surface area contributed by atoms with Crippen LogP contribution in [0.5, 0.6) is 0 Å². The molecule has 0 bridgehead atoms.